The smallest absolute Gasteiger partial charge is 0.142 e. The molecule has 1 atom stereocenters. The molecule has 1 saturated heterocycles. The van der Waals surface area contributed by atoms with Gasteiger partial charge in [0.15, 0.2) is 0 Å². The molecule has 0 spiro atoms. The van der Waals surface area contributed by atoms with Crippen molar-refractivity contribution in [2.45, 2.75) is 13.0 Å². The first-order chi connectivity index (χ1) is 12.3. The van der Waals surface area contributed by atoms with E-state index in [0.29, 0.717) is 6.61 Å². The van der Waals surface area contributed by atoms with Gasteiger partial charge in [0.2, 0.25) is 0 Å². The van der Waals surface area contributed by atoms with Gasteiger partial charge >= 0.3 is 0 Å². The van der Waals surface area contributed by atoms with E-state index in [1.807, 2.05) is 43.5 Å². The third kappa shape index (κ3) is 5.10. The predicted octanol–water partition coefficient (Wildman–Crippen LogP) is 3.41. The number of piperazine rings is 1. The van der Waals surface area contributed by atoms with Crippen LogP contribution in [0.2, 0.25) is 0 Å². The van der Waals surface area contributed by atoms with E-state index in [1.54, 1.807) is 7.11 Å². The first kappa shape index (κ1) is 20.5. The lowest BCUT2D eigenvalue weighted by Gasteiger charge is -2.37. The van der Waals surface area contributed by atoms with Crippen molar-refractivity contribution in [3.05, 3.63) is 54.4 Å². The van der Waals surface area contributed by atoms with Crippen molar-refractivity contribution in [3.63, 3.8) is 0 Å². The molecule has 0 aliphatic carbocycles. The molecule has 0 radical (unpaired) electrons. The first-order valence-electron chi connectivity index (χ1n) is 8.94. The van der Waals surface area contributed by atoms with Gasteiger partial charge in [0.05, 0.1) is 18.5 Å². The Bertz CT molecular complexity index is 649. The molecule has 2 heterocycles. The molecule has 0 bridgehead atoms. The zero-order valence-electron chi connectivity index (χ0n) is 15.5. The van der Waals surface area contributed by atoms with Crippen LogP contribution in [0.25, 0.3) is 0 Å². The minimum atomic E-state index is 0. The number of hydrogen-bond acceptors (Lipinski definition) is 5. The summed E-state index contributed by atoms with van der Waals surface area (Å²) in [6.07, 6.45) is 1.87. The molecule has 0 amide bonds. The van der Waals surface area contributed by atoms with E-state index < -0.39 is 0 Å². The highest BCUT2D eigenvalue weighted by atomic mass is 35.5. The molecular weight excluding hydrogens is 350 g/mol. The predicted molar refractivity (Wildman–Crippen MR) is 107 cm³/mol. The van der Waals surface area contributed by atoms with E-state index in [1.165, 1.54) is 5.69 Å². The second kappa shape index (κ2) is 10.4. The number of anilines is 1. The number of aromatic nitrogens is 1. The Morgan fingerprint density at radius 3 is 2.42 bits per heavy atom. The summed E-state index contributed by atoms with van der Waals surface area (Å²) in [6, 6.07) is 14.2. The minimum Gasteiger partial charge on any atom is -0.495 e. The molecule has 6 heteroatoms. The number of nitrogens with zero attached hydrogens (tertiary/aromatic N) is 3. The Morgan fingerprint density at radius 2 is 1.77 bits per heavy atom. The Hall–Kier alpha value is -1.82. The Balaban J connectivity index is 0.00000243. The molecule has 3 rings (SSSR count). The summed E-state index contributed by atoms with van der Waals surface area (Å²) in [4.78, 5) is 9.32. The number of ether oxygens (including phenoxy) is 2. The summed E-state index contributed by atoms with van der Waals surface area (Å²) in [6.45, 7) is 7.61. The third-order valence-electron chi connectivity index (χ3n) is 4.61. The average molecular weight is 378 g/mol. The number of pyridine rings is 1. The SMILES string of the molecule is CCOC(CN1CCN(c2ccccc2OC)CC1)c1ccccn1.Cl. The van der Waals surface area contributed by atoms with Crippen LogP contribution in [0.3, 0.4) is 0 Å². The number of methoxy groups -OCH3 is 1. The normalized spacial score (nSPS) is 16.0. The minimum absolute atomic E-state index is 0. The van der Waals surface area contributed by atoms with Crippen molar-refractivity contribution < 1.29 is 9.47 Å². The highest BCUT2D eigenvalue weighted by Gasteiger charge is 2.23. The maximum absolute atomic E-state index is 5.94. The molecule has 26 heavy (non-hydrogen) atoms. The van der Waals surface area contributed by atoms with Crippen LogP contribution in [0, 0.1) is 0 Å². The van der Waals surface area contributed by atoms with Gasteiger partial charge in [-0.25, -0.2) is 0 Å². The van der Waals surface area contributed by atoms with Gasteiger partial charge in [-0.3, -0.25) is 9.88 Å². The van der Waals surface area contributed by atoms with Crippen molar-refractivity contribution >= 4 is 18.1 Å². The molecular formula is C20H28ClN3O2. The summed E-state index contributed by atoms with van der Waals surface area (Å²) in [5.41, 5.74) is 2.19. The van der Waals surface area contributed by atoms with Crippen LogP contribution in [-0.4, -0.2) is 56.3 Å². The molecule has 1 aliphatic heterocycles. The Kier molecular flexibility index (Phi) is 8.16. The van der Waals surface area contributed by atoms with Gasteiger partial charge < -0.3 is 14.4 Å². The van der Waals surface area contributed by atoms with Crippen LogP contribution in [-0.2, 0) is 4.74 Å². The summed E-state index contributed by atoms with van der Waals surface area (Å²) in [7, 11) is 1.73. The lowest BCUT2D eigenvalue weighted by molar-refractivity contribution is 0.0284. The Labute approximate surface area is 162 Å². The standard InChI is InChI=1S/C20H27N3O2.ClH/c1-3-25-20(17-8-6-7-11-21-17)16-22-12-14-23(15-13-22)18-9-4-5-10-19(18)24-2;/h4-11,20H,3,12-16H2,1-2H3;1H. The number of rotatable bonds is 7. The summed E-state index contributed by atoms with van der Waals surface area (Å²) >= 11 is 0. The van der Waals surface area contributed by atoms with E-state index in [9.17, 15) is 0 Å². The van der Waals surface area contributed by atoms with Crippen LogP contribution in [0.15, 0.2) is 48.7 Å². The number of hydrogen-bond donors (Lipinski definition) is 0. The summed E-state index contributed by atoms with van der Waals surface area (Å²) in [5.74, 6) is 0.941. The molecule has 1 unspecified atom stereocenters. The molecule has 5 nitrogen and oxygen atoms in total. The number of para-hydroxylation sites is 2. The second-order valence-corrected chi connectivity index (χ2v) is 6.16. The maximum Gasteiger partial charge on any atom is 0.142 e. The van der Waals surface area contributed by atoms with Crippen LogP contribution in [0.4, 0.5) is 5.69 Å². The average Bonchev–Trinajstić information content (AvgIpc) is 2.69. The number of halogens is 1. The molecule has 0 saturated carbocycles. The van der Waals surface area contributed by atoms with E-state index in [0.717, 1.165) is 44.2 Å². The first-order valence-corrected chi connectivity index (χ1v) is 8.94. The zero-order valence-corrected chi connectivity index (χ0v) is 16.3. The van der Waals surface area contributed by atoms with Crippen molar-refractivity contribution in [1.29, 1.82) is 0 Å². The second-order valence-electron chi connectivity index (χ2n) is 6.16. The van der Waals surface area contributed by atoms with E-state index in [-0.39, 0.29) is 18.5 Å². The van der Waals surface area contributed by atoms with E-state index >= 15 is 0 Å². The zero-order chi connectivity index (χ0) is 17.5. The van der Waals surface area contributed by atoms with Gasteiger partial charge in [0, 0.05) is 45.5 Å². The van der Waals surface area contributed by atoms with Crippen molar-refractivity contribution in [2.75, 3.05) is 51.3 Å². The molecule has 2 aromatic rings. The van der Waals surface area contributed by atoms with E-state index in [2.05, 4.69) is 26.9 Å². The van der Waals surface area contributed by atoms with Crippen LogP contribution in [0.1, 0.15) is 18.7 Å². The van der Waals surface area contributed by atoms with Gasteiger partial charge in [0.25, 0.3) is 0 Å². The summed E-state index contributed by atoms with van der Waals surface area (Å²) < 4.78 is 11.4. The lowest BCUT2D eigenvalue weighted by atomic mass is 10.2. The molecule has 1 fully saturated rings. The van der Waals surface area contributed by atoms with Crippen molar-refractivity contribution in [1.82, 2.24) is 9.88 Å². The topological polar surface area (TPSA) is 37.8 Å². The number of benzene rings is 1. The molecule has 142 valence electrons. The monoisotopic (exact) mass is 377 g/mol. The molecule has 1 aliphatic rings. The largest absolute Gasteiger partial charge is 0.495 e. The van der Waals surface area contributed by atoms with Gasteiger partial charge in [-0.2, -0.15) is 0 Å². The van der Waals surface area contributed by atoms with Gasteiger partial charge in [-0.1, -0.05) is 18.2 Å². The van der Waals surface area contributed by atoms with Gasteiger partial charge in [0.1, 0.15) is 11.9 Å². The fraction of sp³-hybridized carbons (Fsp3) is 0.450. The fourth-order valence-corrected chi connectivity index (χ4v) is 3.30. The van der Waals surface area contributed by atoms with Crippen LogP contribution < -0.4 is 9.64 Å². The van der Waals surface area contributed by atoms with Gasteiger partial charge in [-0.15, -0.1) is 12.4 Å². The maximum atomic E-state index is 5.94. The Morgan fingerprint density at radius 1 is 1.04 bits per heavy atom. The lowest BCUT2D eigenvalue weighted by Crippen LogP contribution is -2.47. The van der Waals surface area contributed by atoms with Gasteiger partial charge in [-0.05, 0) is 31.2 Å². The highest BCUT2D eigenvalue weighted by molar-refractivity contribution is 5.85. The van der Waals surface area contributed by atoms with Crippen LogP contribution >= 0.6 is 12.4 Å². The molecule has 1 aromatic carbocycles. The van der Waals surface area contributed by atoms with E-state index in [4.69, 9.17) is 9.47 Å². The fourth-order valence-electron chi connectivity index (χ4n) is 3.30. The van der Waals surface area contributed by atoms with Crippen LogP contribution in [0.5, 0.6) is 5.75 Å². The van der Waals surface area contributed by atoms with Crippen molar-refractivity contribution in [3.8, 4) is 5.75 Å². The third-order valence-corrected chi connectivity index (χ3v) is 4.61. The van der Waals surface area contributed by atoms with Crippen molar-refractivity contribution in [2.24, 2.45) is 0 Å². The molecule has 0 N–H and O–H groups in total. The quantitative estimate of drug-likeness (QED) is 0.739. The molecule has 1 aromatic heterocycles. The highest BCUT2D eigenvalue weighted by Crippen LogP contribution is 2.28. The summed E-state index contributed by atoms with van der Waals surface area (Å²) in [5, 5.41) is 0.